The molecule has 0 unspecified atom stereocenters. The first-order chi connectivity index (χ1) is 12.2. The quantitative estimate of drug-likeness (QED) is 0.534. The van der Waals surface area contributed by atoms with Gasteiger partial charge in [0.25, 0.3) is 5.91 Å². The Labute approximate surface area is 153 Å². The fourth-order valence-electron chi connectivity index (χ4n) is 2.64. The van der Waals surface area contributed by atoms with E-state index in [1.165, 1.54) is 0 Å². The summed E-state index contributed by atoms with van der Waals surface area (Å²) in [5.41, 5.74) is 3.19. The Morgan fingerprint density at radius 3 is 2.68 bits per heavy atom. The Bertz CT molecular complexity index is 1030. The highest BCUT2D eigenvalue weighted by Crippen LogP contribution is 2.25. The SMILES string of the molecule is O=C(NCc1cccs1)c1cc2cc(-c3ccccc3)cc(Cl)n2n1. The van der Waals surface area contributed by atoms with E-state index in [9.17, 15) is 4.79 Å². The molecule has 4 aromatic rings. The predicted molar refractivity (Wildman–Crippen MR) is 101 cm³/mol. The number of carbonyl (C=O) groups is 1. The van der Waals surface area contributed by atoms with E-state index in [4.69, 9.17) is 11.6 Å². The lowest BCUT2D eigenvalue weighted by Crippen LogP contribution is -2.22. The van der Waals surface area contributed by atoms with E-state index >= 15 is 0 Å². The summed E-state index contributed by atoms with van der Waals surface area (Å²) in [6.07, 6.45) is 0. The lowest BCUT2D eigenvalue weighted by atomic mass is 10.1. The van der Waals surface area contributed by atoms with Crippen LogP contribution in [0, 0.1) is 0 Å². The number of nitrogens with zero attached hydrogens (tertiary/aromatic N) is 2. The number of carbonyl (C=O) groups excluding carboxylic acids is 1. The summed E-state index contributed by atoms with van der Waals surface area (Å²) in [7, 11) is 0. The molecular weight excluding hydrogens is 354 g/mol. The highest BCUT2D eigenvalue weighted by Gasteiger charge is 2.13. The molecule has 4 nitrogen and oxygen atoms in total. The van der Waals surface area contributed by atoms with Gasteiger partial charge in [-0.05, 0) is 40.8 Å². The molecule has 4 rings (SSSR count). The Morgan fingerprint density at radius 1 is 1.08 bits per heavy atom. The van der Waals surface area contributed by atoms with E-state index in [0.717, 1.165) is 21.5 Å². The van der Waals surface area contributed by atoms with E-state index in [2.05, 4.69) is 10.4 Å². The van der Waals surface area contributed by atoms with Crippen LogP contribution in [0.3, 0.4) is 0 Å². The van der Waals surface area contributed by atoms with Gasteiger partial charge in [-0.2, -0.15) is 5.10 Å². The third kappa shape index (κ3) is 3.29. The van der Waals surface area contributed by atoms with Gasteiger partial charge in [0, 0.05) is 4.88 Å². The molecule has 3 heterocycles. The van der Waals surface area contributed by atoms with E-state index in [1.54, 1.807) is 21.9 Å². The molecule has 0 spiro atoms. The number of benzene rings is 1. The van der Waals surface area contributed by atoms with E-state index in [-0.39, 0.29) is 5.91 Å². The summed E-state index contributed by atoms with van der Waals surface area (Å²) in [4.78, 5) is 13.4. The van der Waals surface area contributed by atoms with Crippen LogP contribution in [0.2, 0.25) is 5.15 Å². The van der Waals surface area contributed by atoms with Gasteiger partial charge in [-0.1, -0.05) is 48.0 Å². The first-order valence-electron chi connectivity index (χ1n) is 7.76. The Kier molecular flexibility index (Phi) is 4.26. The Hall–Kier alpha value is -2.63. The molecule has 0 bridgehead atoms. The van der Waals surface area contributed by atoms with Gasteiger partial charge in [0.05, 0.1) is 12.1 Å². The minimum Gasteiger partial charge on any atom is -0.346 e. The molecule has 25 heavy (non-hydrogen) atoms. The number of halogens is 1. The molecule has 0 aliphatic carbocycles. The second-order valence-corrected chi connectivity index (χ2v) is 6.98. The zero-order chi connectivity index (χ0) is 17.2. The van der Waals surface area contributed by atoms with E-state index in [1.807, 2.05) is 60.0 Å². The van der Waals surface area contributed by atoms with Crippen molar-refractivity contribution in [3.63, 3.8) is 0 Å². The van der Waals surface area contributed by atoms with Crippen LogP contribution in [0.4, 0.5) is 0 Å². The molecular formula is C19H14ClN3OS. The molecule has 1 N–H and O–H groups in total. The molecule has 1 aromatic carbocycles. The molecule has 0 atom stereocenters. The summed E-state index contributed by atoms with van der Waals surface area (Å²) in [5, 5.41) is 9.65. The van der Waals surface area contributed by atoms with Crippen molar-refractivity contribution in [2.75, 3.05) is 0 Å². The van der Waals surface area contributed by atoms with Crippen LogP contribution in [-0.2, 0) is 6.54 Å². The van der Waals surface area contributed by atoms with Crippen LogP contribution in [0.15, 0.2) is 66.0 Å². The number of thiophene rings is 1. The fourth-order valence-corrected chi connectivity index (χ4v) is 3.54. The average molecular weight is 368 g/mol. The lowest BCUT2D eigenvalue weighted by molar-refractivity contribution is 0.0946. The summed E-state index contributed by atoms with van der Waals surface area (Å²) >= 11 is 7.96. The number of hydrogen-bond acceptors (Lipinski definition) is 3. The van der Waals surface area contributed by atoms with E-state index in [0.29, 0.717) is 17.4 Å². The number of amides is 1. The number of hydrogen-bond donors (Lipinski definition) is 1. The highest BCUT2D eigenvalue weighted by atomic mass is 35.5. The number of pyridine rings is 1. The van der Waals surface area contributed by atoms with Gasteiger partial charge in [0.15, 0.2) is 5.69 Å². The van der Waals surface area contributed by atoms with Crippen LogP contribution in [0.5, 0.6) is 0 Å². The zero-order valence-corrected chi connectivity index (χ0v) is 14.7. The minimum absolute atomic E-state index is 0.213. The number of nitrogens with one attached hydrogen (secondary N) is 1. The van der Waals surface area contributed by atoms with Crippen molar-refractivity contribution in [3.8, 4) is 11.1 Å². The standard InChI is InChI=1S/C19H14ClN3OS/c20-18-10-14(13-5-2-1-3-6-13)9-15-11-17(22-23(15)18)19(24)21-12-16-7-4-8-25-16/h1-11H,12H2,(H,21,24). The molecule has 0 aliphatic rings. The fraction of sp³-hybridized carbons (Fsp3) is 0.0526. The van der Waals surface area contributed by atoms with Crippen LogP contribution < -0.4 is 5.32 Å². The molecule has 0 fully saturated rings. The van der Waals surface area contributed by atoms with Gasteiger partial charge in [-0.15, -0.1) is 11.3 Å². The van der Waals surface area contributed by atoms with Gasteiger partial charge in [-0.3, -0.25) is 4.79 Å². The first kappa shape index (κ1) is 15.9. The molecule has 3 aromatic heterocycles. The molecule has 0 saturated carbocycles. The van der Waals surface area contributed by atoms with Crippen molar-refractivity contribution in [1.82, 2.24) is 14.9 Å². The topological polar surface area (TPSA) is 46.4 Å². The van der Waals surface area contributed by atoms with Crippen molar-refractivity contribution in [1.29, 1.82) is 0 Å². The maximum absolute atomic E-state index is 12.4. The third-order valence-electron chi connectivity index (χ3n) is 3.86. The van der Waals surface area contributed by atoms with Crippen molar-refractivity contribution in [3.05, 3.63) is 81.8 Å². The molecule has 0 radical (unpaired) electrons. The number of fused-ring (bicyclic) bond motifs is 1. The molecule has 6 heteroatoms. The van der Waals surface area contributed by atoms with Gasteiger partial charge in [0.1, 0.15) is 5.15 Å². The van der Waals surface area contributed by atoms with Gasteiger partial charge in [-0.25, -0.2) is 4.52 Å². The largest absolute Gasteiger partial charge is 0.346 e. The van der Waals surface area contributed by atoms with Gasteiger partial charge < -0.3 is 5.32 Å². The normalized spacial score (nSPS) is 10.9. The predicted octanol–water partition coefficient (Wildman–Crippen LogP) is 4.65. The molecule has 0 saturated heterocycles. The first-order valence-corrected chi connectivity index (χ1v) is 9.02. The Balaban J connectivity index is 1.63. The molecule has 0 aliphatic heterocycles. The summed E-state index contributed by atoms with van der Waals surface area (Å²) < 4.78 is 1.58. The van der Waals surface area contributed by atoms with Crippen LogP contribution >= 0.6 is 22.9 Å². The summed E-state index contributed by atoms with van der Waals surface area (Å²) in [6, 6.07) is 19.5. The van der Waals surface area contributed by atoms with Crippen molar-refractivity contribution < 1.29 is 4.79 Å². The lowest BCUT2D eigenvalue weighted by Gasteiger charge is -2.04. The zero-order valence-electron chi connectivity index (χ0n) is 13.1. The monoisotopic (exact) mass is 367 g/mol. The second kappa shape index (κ2) is 6.70. The number of aromatic nitrogens is 2. The maximum Gasteiger partial charge on any atom is 0.272 e. The van der Waals surface area contributed by atoms with Crippen molar-refractivity contribution in [2.24, 2.45) is 0 Å². The second-order valence-electron chi connectivity index (χ2n) is 5.56. The molecule has 1 amide bonds. The minimum atomic E-state index is -0.213. The van der Waals surface area contributed by atoms with Crippen LogP contribution in [-0.4, -0.2) is 15.5 Å². The van der Waals surface area contributed by atoms with Crippen LogP contribution in [0.1, 0.15) is 15.4 Å². The average Bonchev–Trinajstić information content (AvgIpc) is 3.30. The Morgan fingerprint density at radius 2 is 1.92 bits per heavy atom. The maximum atomic E-state index is 12.4. The molecule has 124 valence electrons. The van der Waals surface area contributed by atoms with Crippen molar-refractivity contribution in [2.45, 2.75) is 6.54 Å². The third-order valence-corrected chi connectivity index (χ3v) is 5.01. The smallest absolute Gasteiger partial charge is 0.272 e. The van der Waals surface area contributed by atoms with Gasteiger partial charge >= 0.3 is 0 Å². The van der Waals surface area contributed by atoms with Crippen molar-refractivity contribution >= 4 is 34.4 Å². The number of rotatable bonds is 4. The van der Waals surface area contributed by atoms with Crippen LogP contribution in [0.25, 0.3) is 16.6 Å². The summed E-state index contributed by atoms with van der Waals surface area (Å²) in [5.74, 6) is -0.213. The van der Waals surface area contributed by atoms with E-state index < -0.39 is 0 Å². The van der Waals surface area contributed by atoms with Gasteiger partial charge in [0.2, 0.25) is 0 Å². The summed E-state index contributed by atoms with van der Waals surface area (Å²) in [6.45, 7) is 0.493. The highest BCUT2D eigenvalue weighted by molar-refractivity contribution is 7.09.